The van der Waals surface area contributed by atoms with Gasteiger partial charge in [0.05, 0.1) is 13.2 Å². The Hall–Kier alpha value is -2.12. The van der Waals surface area contributed by atoms with Crippen LogP contribution in [-0.2, 0) is 4.74 Å². The third kappa shape index (κ3) is 7.41. The first kappa shape index (κ1) is 20.2. The van der Waals surface area contributed by atoms with Crippen molar-refractivity contribution in [2.75, 3.05) is 44.7 Å². The van der Waals surface area contributed by atoms with Crippen LogP contribution in [0.15, 0.2) is 24.3 Å². The molecule has 1 saturated heterocycles. The maximum absolute atomic E-state index is 12.2. The summed E-state index contributed by atoms with van der Waals surface area (Å²) < 4.78 is 5.33. The summed E-state index contributed by atoms with van der Waals surface area (Å²) in [5.41, 5.74) is 1.25. The van der Waals surface area contributed by atoms with Gasteiger partial charge < -0.3 is 20.7 Å². The lowest BCUT2D eigenvalue weighted by Crippen LogP contribution is -2.37. The molecule has 3 amide bonds. The van der Waals surface area contributed by atoms with Gasteiger partial charge in [0.25, 0.3) is 5.91 Å². The molecule has 0 aliphatic carbocycles. The van der Waals surface area contributed by atoms with Crippen molar-refractivity contribution >= 4 is 17.6 Å². The van der Waals surface area contributed by atoms with E-state index in [0.29, 0.717) is 17.8 Å². The summed E-state index contributed by atoms with van der Waals surface area (Å²) in [4.78, 5) is 26.2. The molecule has 0 unspecified atom stereocenters. The Kier molecular flexibility index (Phi) is 8.37. The number of carbonyl (C=O) groups is 2. The average Bonchev–Trinajstić information content (AvgIpc) is 2.62. The summed E-state index contributed by atoms with van der Waals surface area (Å²) in [6, 6.07) is 6.71. The van der Waals surface area contributed by atoms with E-state index in [1.807, 2.05) is 13.8 Å². The van der Waals surface area contributed by atoms with Gasteiger partial charge in [-0.05, 0) is 57.5 Å². The molecule has 0 aromatic heterocycles. The number of morpholine rings is 1. The SMILES string of the molecule is CC(C)NC(=O)Nc1ccc(C(=O)NCCCCN2CCOCC2)cc1. The molecule has 1 fully saturated rings. The van der Waals surface area contributed by atoms with E-state index in [1.165, 1.54) is 0 Å². The highest BCUT2D eigenvalue weighted by Gasteiger charge is 2.10. The molecule has 3 N–H and O–H groups in total. The Bertz CT molecular complexity index is 569. The lowest BCUT2D eigenvalue weighted by atomic mass is 10.2. The summed E-state index contributed by atoms with van der Waals surface area (Å²) in [5, 5.41) is 8.43. The second-order valence-corrected chi connectivity index (χ2v) is 6.75. The van der Waals surface area contributed by atoms with Gasteiger partial charge in [0, 0.05) is 36.9 Å². The van der Waals surface area contributed by atoms with Gasteiger partial charge in [-0.1, -0.05) is 0 Å². The van der Waals surface area contributed by atoms with Gasteiger partial charge in [0.15, 0.2) is 0 Å². The summed E-state index contributed by atoms with van der Waals surface area (Å²) in [6.07, 6.45) is 2.02. The predicted molar refractivity (Wildman–Crippen MR) is 103 cm³/mol. The smallest absolute Gasteiger partial charge is 0.319 e. The number of benzene rings is 1. The molecule has 7 heteroatoms. The van der Waals surface area contributed by atoms with Crippen LogP contribution in [0.3, 0.4) is 0 Å². The van der Waals surface area contributed by atoms with E-state index < -0.39 is 0 Å². The minimum atomic E-state index is -0.252. The molecule has 1 aromatic rings. The standard InChI is InChI=1S/C19H30N4O3/c1-15(2)21-19(25)22-17-7-5-16(6-8-17)18(24)20-9-3-4-10-23-11-13-26-14-12-23/h5-8,15H,3-4,9-14H2,1-2H3,(H,20,24)(H2,21,22,25). The largest absolute Gasteiger partial charge is 0.379 e. The molecule has 26 heavy (non-hydrogen) atoms. The predicted octanol–water partition coefficient (Wildman–Crippen LogP) is 2.06. The van der Waals surface area contributed by atoms with Gasteiger partial charge >= 0.3 is 6.03 Å². The number of rotatable bonds is 8. The minimum Gasteiger partial charge on any atom is -0.379 e. The normalized spacial score (nSPS) is 14.9. The number of urea groups is 1. The number of hydrogen-bond donors (Lipinski definition) is 3. The molecule has 0 saturated carbocycles. The van der Waals surface area contributed by atoms with Crippen LogP contribution in [0.5, 0.6) is 0 Å². The Morgan fingerprint density at radius 1 is 1.12 bits per heavy atom. The lowest BCUT2D eigenvalue weighted by molar-refractivity contribution is 0.0372. The summed E-state index contributed by atoms with van der Waals surface area (Å²) in [7, 11) is 0. The monoisotopic (exact) mass is 362 g/mol. The quantitative estimate of drug-likeness (QED) is 0.618. The molecule has 0 atom stereocenters. The number of anilines is 1. The molecular weight excluding hydrogens is 332 g/mol. The van der Waals surface area contributed by atoms with Crippen LogP contribution in [0.2, 0.25) is 0 Å². The van der Waals surface area contributed by atoms with E-state index >= 15 is 0 Å². The van der Waals surface area contributed by atoms with Gasteiger partial charge in [-0.2, -0.15) is 0 Å². The molecular formula is C19H30N4O3. The van der Waals surface area contributed by atoms with Crippen molar-refractivity contribution in [3.05, 3.63) is 29.8 Å². The lowest BCUT2D eigenvalue weighted by Gasteiger charge is -2.26. The zero-order valence-electron chi connectivity index (χ0n) is 15.7. The van der Waals surface area contributed by atoms with Crippen molar-refractivity contribution in [3.8, 4) is 0 Å². The number of hydrogen-bond acceptors (Lipinski definition) is 4. The molecule has 0 bridgehead atoms. The van der Waals surface area contributed by atoms with Crippen LogP contribution in [-0.4, -0.2) is 62.3 Å². The third-order valence-corrected chi connectivity index (χ3v) is 4.12. The third-order valence-electron chi connectivity index (χ3n) is 4.12. The van der Waals surface area contributed by atoms with E-state index in [4.69, 9.17) is 4.74 Å². The van der Waals surface area contributed by atoms with Crippen LogP contribution in [0.25, 0.3) is 0 Å². The Labute approximate surface area is 155 Å². The summed E-state index contributed by atoms with van der Waals surface area (Å²) >= 11 is 0. The molecule has 1 aliphatic heterocycles. The molecule has 144 valence electrons. The second-order valence-electron chi connectivity index (χ2n) is 6.75. The molecule has 2 rings (SSSR count). The molecule has 0 radical (unpaired) electrons. The maximum atomic E-state index is 12.2. The van der Waals surface area contributed by atoms with Crippen molar-refractivity contribution in [2.24, 2.45) is 0 Å². The number of nitrogens with one attached hydrogen (secondary N) is 3. The Morgan fingerprint density at radius 3 is 2.46 bits per heavy atom. The Morgan fingerprint density at radius 2 is 1.81 bits per heavy atom. The van der Waals surface area contributed by atoms with Crippen molar-refractivity contribution in [2.45, 2.75) is 32.7 Å². The zero-order chi connectivity index (χ0) is 18.8. The second kappa shape index (κ2) is 10.8. The number of carbonyl (C=O) groups excluding carboxylic acids is 2. The molecule has 1 aromatic carbocycles. The average molecular weight is 362 g/mol. The van der Waals surface area contributed by atoms with Crippen molar-refractivity contribution in [1.82, 2.24) is 15.5 Å². The van der Waals surface area contributed by atoms with Gasteiger partial charge in [-0.15, -0.1) is 0 Å². The van der Waals surface area contributed by atoms with Crippen LogP contribution < -0.4 is 16.0 Å². The molecule has 1 aliphatic rings. The van der Waals surface area contributed by atoms with Crippen LogP contribution in [0.4, 0.5) is 10.5 Å². The fourth-order valence-corrected chi connectivity index (χ4v) is 2.72. The van der Waals surface area contributed by atoms with Crippen molar-refractivity contribution in [1.29, 1.82) is 0 Å². The zero-order valence-corrected chi connectivity index (χ0v) is 15.7. The first-order valence-corrected chi connectivity index (χ1v) is 9.30. The maximum Gasteiger partial charge on any atom is 0.319 e. The highest BCUT2D eigenvalue weighted by Crippen LogP contribution is 2.09. The van der Waals surface area contributed by atoms with Gasteiger partial charge in [-0.25, -0.2) is 4.79 Å². The van der Waals surface area contributed by atoms with Gasteiger partial charge in [0.1, 0.15) is 0 Å². The highest BCUT2D eigenvalue weighted by molar-refractivity contribution is 5.95. The summed E-state index contributed by atoms with van der Waals surface area (Å²) in [6.45, 7) is 9.16. The van der Waals surface area contributed by atoms with E-state index in [-0.39, 0.29) is 18.0 Å². The van der Waals surface area contributed by atoms with Crippen molar-refractivity contribution in [3.63, 3.8) is 0 Å². The molecule has 1 heterocycles. The van der Waals surface area contributed by atoms with Gasteiger partial charge in [-0.3, -0.25) is 9.69 Å². The summed E-state index contributed by atoms with van der Waals surface area (Å²) in [5.74, 6) is -0.0884. The number of unbranched alkanes of at least 4 members (excludes halogenated alkanes) is 1. The molecule has 0 spiro atoms. The minimum absolute atomic E-state index is 0.0725. The van der Waals surface area contributed by atoms with Crippen molar-refractivity contribution < 1.29 is 14.3 Å². The number of ether oxygens (including phenoxy) is 1. The fourth-order valence-electron chi connectivity index (χ4n) is 2.72. The number of amides is 3. The number of nitrogens with zero attached hydrogens (tertiary/aromatic N) is 1. The van der Waals surface area contributed by atoms with Gasteiger partial charge in [0.2, 0.25) is 0 Å². The first-order valence-electron chi connectivity index (χ1n) is 9.30. The highest BCUT2D eigenvalue weighted by atomic mass is 16.5. The molecule has 7 nitrogen and oxygen atoms in total. The van der Waals surface area contributed by atoms with Crippen LogP contribution in [0.1, 0.15) is 37.0 Å². The van der Waals surface area contributed by atoms with E-state index in [2.05, 4.69) is 20.9 Å². The Balaban J connectivity index is 1.64. The van der Waals surface area contributed by atoms with Crippen LogP contribution in [0, 0.1) is 0 Å². The van der Waals surface area contributed by atoms with E-state index in [9.17, 15) is 9.59 Å². The topological polar surface area (TPSA) is 82.7 Å². The fraction of sp³-hybridized carbons (Fsp3) is 0.579. The first-order chi connectivity index (χ1) is 12.5. The van der Waals surface area contributed by atoms with E-state index in [0.717, 1.165) is 45.7 Å². The van der Waals surface area contributed by atoms with Crippen LogP contribution >= 0.6 is 0 Å². The van der Waals surface area contributed by atoms with E-state index in [1.54, 1.807) is 24.3 Å².